The van der Waals surface area contributed by atoms with Crippen LogP contribution in [0.15, 0.2) is 18.2 Å². The predicted octanol–water partition coefficient (Wildman–Crippen LogP) is 4.29. The van der Waals surface area contributed by atoms with Gasteiger partial charge in [-0.1, -0.05) is 13.8 Å². The number of hydrogen-bond donors (Lipinski definition) is 1. The van der Waals surface area contributed by atoms with Gasteiger partial charge >= 0.3 is 0 Å². The van der Waals surface area contributed by atoms with Crippen LogP contribution in [0.4, 0.5) is 0 Å². The van der Waals surface area contributed by atoms with Crippen molar-refractivity contribution in [3.8, 4) is 0 Å². The van der Waals surface area contributed by atoms with Gasteiger partial charge in [0.05, 0.1) is 0 Å². The number of nitrogens with zero attached hydrogens (tertiary/aromatic N) is 1. The number of aromatic nitrogens is 1. The Kier molecular flexibility index (Phi) is 4.40. The highest BCUT2D eigenvalue weighted by Gasteiger charge is 2.20. The van der Waals surface area contributed by atoms with E-state index in [1.807, 2.05) is 23.1 Å². The number of hydrogen-bond acceptors (Lipinski definition) is 1. The Morgan fingerprint density at radius 1 is 1.19 bits per heavy atom. The molecule has 0 radical (unpaired) electrons. The molecule has 0 atom stereocenters. The van der Waals surface area contributed by atoms with Gasteiger partial charge < -0.3 is 9.88 Å². The predicted molar refractivity (Wildman–Crippen MR) is 88.8 cm³/mol. The first-order valence-corrected chi connectivity index (χ1v) is 7.71. The summed E-state index contributed by atoms with van der Waals surface area (Å²) in [5, 5.41) is 1.15. The van der Waals surface area contributed by atoms with Crippen molar-refractivity contribution in [1.82, 2.24) is 9.88 Å². The summed E-state index contributed by atoms with van der Waals surface area (Å²) in [4.78, 5) is 18.1. The summed E-state index contributed by atoms with van der Waals surface area (Å²) in [5.74, 6) is 0.593. The van der Waals surface area contributed by atoms with Crippen LogP contribution in [-0.4, -0.2) is 28.4 Å². The van der Waals surface area contributed by atoms with E-state index >= 15 is 0 Å². The second-order valence-electron chi connectivity index (χ2n) is 6.58. The van der Waals surface area contributed by atoms with Crippen LogP contribution in [0.5, 0.6) is 0 Å². The smallest absolute Gasteiger partial charge is 0.254 e. The van der Waals surface area contributed by atoms with Gasteiger partial charge in [-0.05, 0) is 57.4 Å². The summed E-state index contributed by atoms with van der Waals surface area (Å²) in [5.41, 5.74) is 4.26. The van der Waals surface area contributed by atoms with Crippen LogP contribution in [0.2, 0.25) is 0 Å². The topological polar surface area (TPSA) is 36.1 Å². The van der Waals surface area contributed by atoms with Gasteiger partial charge in [0.1, 0.15) is 0 Å². The molecule has 114 valence electrons. The van der Waals surface area contributed by atoms with Gasteiger partial charge in [-0.2, -0.15) is 0 Å². The summed E-state index contributed by atoms with van der Waals surface area (Å²) in [7, 11) is 0. The molecule has 1 heterocycles. The number of H-pyrrole nitrogens is 1. The van der Waals surface area contributed by atoms with Gasteiger partial charge in [-0.3, -0.25) is 4.79 Å². The van der Waals surface area contributed by atoms with Crippen LogP contribution in [0.1, 0.15) is 49.3 Å². The van der Waals surface area contributed by atoms with Crippen molar-refractivity contribution in [2.45, 2.75) is 47.6 Å². The van der Waals surface area contributed by atoms with Crippen LogP contribution in [0.3, 0.4) is 0 Å². The van der Waals surface area contributed by atoms with Crippen LogP contribution in [0.25, 0.3) is 10.9 Å². The molecule has 0 spiro atoms. The molecular weight excluding hydrogens is 260 g/mol. The molecule has 21 heavy (non-hydrogen) atoms. The lowest BCUT2D eigenvalue weighted by Crippen LogP contribution is -2.39. The SMILES string of the molecule is Cc1[nH]c2ccc(C(=O)N(CC(C)C)C(C)C)cc2c1C. The Hall–Kier alpha value is -1.77. The maximum Gasteiger partial charge on any atom is 0.254 e. The molecule has 1 N–H and O–H groups in total. The summed E-state index contributed by atoms with van der Waals surface area (Å²) in [6, 6.07) is 6.17. The van der Waals surface area contributed by atoms with Gasteiger partial charge in [0.2, 0.25) is 0 Å². The lowest BCUT2D eigenvalue weighted by atomic mass is 10.1. The molecule has 0 saturated heterocycles. The summed E-state index contributed by atoms with van der Waals surface area (Å²) in [6.07, 6.45) is 0. The van der Waals surface area contributed by atoms with Gasteiger partial charge in [0.25, 0.3) is 5.91 Å². The minimum absolute atomic E-state index is 0.124. The van der Waals surface area contributed by atoms with Crippen molar-refractivity contribution in [2.75, 3.05) is 6.54 Å². The molecule has 0 unspecified atom stereocenters. The lowest BCUT2D eigenvalue weighted by Gasteiger charge is -2.28. The van der Waals surface area contributed by atoms with E-state index in [9.17, 15) is 4.79 Å². The van der Waals surface area contributed by atoms with Crippen molar-refractivity contribution in [2.24, 2.45) is 5.92 Å². The number of amides is 1. The average Bonchev–Trinajstić information content (AvgIpc) is 2.70. The molecule has 2 aromatic rings. The molecule has 1 aromatic carbocycles. The van der Waals surface area contributed by atoms with E-state index < -0.39 is 0 Å². The maximum atomic E-state index is 12.8. The molecule has 2 rings (SSSR count). The van der Waals surface area contributed by atoms with Gasteiger partial charge in [0.15, 0.2) is 0 Å². The van der Waals surface area contributed by atoms with Gasteiger partial charge in [-0.15, -0.1) is 0 Å². The monoisotopic (exact) mass is 286 g/mol. The average molecular weight is 286 g/mol. The van der Waals surface area contributed by atoms with Crippen LogP contribution in [-0.2, 0) is 0 Å². The molecule has 0 aliphatic heterocycles. The van der Waals surface area contributed by atoms with E-state index in [1.54, 1.807) is 0 Å². The molecule has 1 aromatic heterocycles. The largest absolute Gasteiger partial charge is 0.358 e. The Morgan fingerprint density at radius 3 is 2.43 bits per heavy atom. The first kappa shape index (κ1) is 15.6. The number of fused-ring (bicyclic) bond motifs is 1. The van der Waals surface area contributed by atoms with Crippen molar-refractivity contribution in [3.63, 3.8) is 0 Å². The maximum absolute atomic E-state index is 12.8. The number of rotatable bonds is 4. The van der Waals surface area contributed by atoms with Crippen LogP contribution in [0, 0.1) is 19.8 Å². The number of aryl methyl sites for hydroxylation is 2. The Bertz CT molecular complexity index is 653. The standard InChI is InChI=1S/C18H26N2O/c1-11(2)10-20(12(3)4)18(21)15-7-8-17-16(9-15)13(5)14(6)19-17/h7-9,11-12,19H,10H2,1-6H3. The Balaban J connectivity index is 2.39. The number of nitrogens with one attached hydrogen (secondary N) is 1. The minimum Gasteiger partial charge on any atom is -0.358 e. The highest BCUT2D eigenvalue weighted by atomic mass is 16.2. The highest BCUT2D eigenvalue weighted by Crippen LogP contribution is 2.23. The number of carbonyl (C=O) groups excluding carboxylic acids is 1. The first-order valence-electron chi connectivity index (χ1n) is 7.71. The fourth-order valence-electron chi connectivity index (χ4n) is 2.68. The third-order valence-corrected chi connectivity index (χ3v) is 4.00. The summed E-state index contributed by atoms with van der Waals surface area (Å²) >= 11 is 0. The molecule has 0 fully saturated rings. The fraction of sp³-hybridized carbons (Fsp3) is 0.500. The zero-order chi connectivity index (χ0) is 15.7. The number of benzene rings is 1. The molecule has 0 aliphatic carbocycles. The number of aromatic amines is 1. The molecule has 3 nitrogen and oxygen atoms in total. The normalized spacial score (nSPS) is 11.6. The molecule has 0 aliphatic rings. The number of carbonyl (C=O) groups is 1. The second kappa shape index (κ2) is 5.92. The molecular formula is C18H26N2O. The zero-order valence-electron chi connectivity index (χ0n) is 13.9. The third kappa shape index (κ3) is 3.12. The van der Waals surface area contributed by atoms with E-state index in [1.165, 1.54) is 5.56 Å². The third-order valence-electron chi connectivity index (χ3n) is 4.00. The molecule has 0 saturated carbocycles. The quantitative estimate of drug-likeness (QED) is 0.894. The van der Waals surface area contributed by atoms with Gasteiger partial charge in [-0.25, -0.2) is 0 Å². The Labute approximate surface area is 127 Å². The van der Waals surface area contributed by atoms with Crippen molar-refractivity contribution in [3.05, 3.63) is 35.0 Å². The van der Waals surface area contributed by atoms with Crippen LogP contribution >= 0.6 is 0 Å². The van der Waals surface area contributed by atoms with E-state index in [2.05, 4.69) is 46.5 Å². The van der Waals surface area contributed by atoms with E-state index in [0.29, 0.717) is 5.92 Å². The molecule has 0 bridgehead atoms. The molecule has 3 heteroatoms. The fourth-order valence-corrected chi connectivity index (χ4v) is 2.68. The van der Waals surface area contributed by atoms with Crippen molar-refractivity contribution < 1.29 is 4.79 Å². The zero-order valence-corrected chi connectivity index (χ0v) is 13.9. The lowest BCUT2D eigenvalue weighted by molar-refractivity contribution is 0.0682. The first-order chi connectivity index (χ1) is 9.81. The van der Waals surface area contributed by atoms with Gasteiger partial charge in [0, 0.05) is 34.7 Å². The van der Waals surface area contributed by atoms with E-state index in [-0.39, 0.29) is 11.9 Å². The van der Waals surface area contributed by atoms with E-state index in [4.69, 9.17) is 0 Å². The Morgan fingerprint density at radius 2 is 1.86 bits per heavy atom. The van der Waals surface area contributed by atoms with E-state index in [0.717, 1.165) is 28.7 Å². The van der Waals surface area contributed by atoms with Crippen molar-refractivity contribution in [1.29, 1.82) is 0 Å². The summed E-state index contributed by atoms with van der Waals surface area (Å²) < 4.78 is 0. The highest BCUT2D eigenvalue weighted by molar-refractivity contribution is 5.99. The minimum atomic E-state index is 0.124. The summed E-state index contributed by atoms with van der Waals surface area (Å²) in [6.45, 7) is 13.4. The van der Waals surface area contributed by atoms with Crippen molar-refractivity contribution >= 4 is 16.8 Å². The van der Waals surface area contributed by atoms with Crippen LogP contribution < -0.4 is 0 Å². The second-order valence-corrected chi connectivity index (χ2v) is 6.58. The molecule has 1 amide bonds.